The topological polar surface area (TPSA) is 21.3 Å². The molecule has 0 heterocycles. The van der Waals surface area contributed by atoms with Crippen molar-refractivity contribution in [1.29, 1.82) is 0 Å². The molecule has 19 heavy (non-hydrogen) atoms. The van der Waals surface area contributed by atoms with E-state index in [1.54, 1.807) is 0 Å². The largest absolute Gasteiger partial charge is 0.376 e. The molecule has 0 aromatic heterocycles. The lowest BCUT2D eigenvalue weighted by Gasteiger charge is -2.44. The van der Waals surface area contributed by atoms with Gasteiger partial charge in [-0.25, -0.2) is 0 Å². The Bertz CT molecular complexity index is 258. The minimum Gasteiger partial charge on any atom is -0.376 e. The molecule has 0 aromatic carbocycles. The first-order valence-corrected chi connectivity index (χ1v) is 8.10. The molecule has 0 amide bonds. The summed E-state index contributed by atoms with van der Waals surface area (Å²) in [7, 11) is 2.10. The molecule has 0 radical (unpaired) electrons. The number of hydrogen-bond acceptors (Lipinski definition) is 2. The van der Waals surface area contributed by atoms with Crippen LogP contribution in [-0.4, -0.2) is 25.8 Å². The van der Waals surface area contributed by atoms with E-state index in [4.69, 9.17) is 4.74 Å². The summed E-state index contributed by atoms with van der Waals surface area (Å²) in [5.74, 6) is 2.48. The van der Waals surface area contributed by atoms with E-state index in [2.05, 4.69) is 53.9 Å². The van der Waals surface area contributed by atoms with Gasteiger partial charge in [0.05, 0.1) is 6.10 Å². The van der Waals surface area contributed by atoms with E-state index >= 15 is 0 Å². The van der Waals surface area contributed by atoms with E-state index in [0.717, 1.165) is 24.4 Å². The summed E-state index contributed by atoms with van der Waals surface area (Å²) in [5, 5.41) is 3.57. The highest BCUT2D eigenvalue weighted by Gasteiger charge is 2.39. The van der Waals surface area contributed by atoms with Crippen LogP contribution in [-0.2, 0) is 4.74 Å². The Balaban J connectivity index is 2.79. The first kappa shape index (κ1) is 17.0. The summed E-state index contributed by atoms with van der Waals surface area (Å²) in [6.45, 7) is 14.6. The zero-order valence-corrected chi connectivity index (χ0v) is 14.1. The number of ether oxygens (including phenoxy) is 1. The highest BCUT2D eigenvalue weighted by atomic mass is 16.5. The second-order valence-electron chi connectivity index (χ2n) is 7.58. The van der Waals surface area contributed by atoms with E-state index in [9.17, 15) is 0 Å². The van der Waals surface area contributed by atoms with Crippen LogP contribution in [0.5, 0.6) is 0 Å². The van der Waals surface area contributed by atoms with Gasteiger partial charge in [0.15, 0.2) is 0 Å². The van der Waals surface area contributed by atoms with Crippen LogP contribution in [0, 0.1) is 23.2 Å². The van der Waals surface area contributed by atoms with Gasteiger partial charge in [0.25, 0.3) is 0 Å². The van der Waals surface area contributed by atoms with Crippen LogP contribution in [0.15, 0.2) is 0 Å². The lowest BCUT2D eigenvalue weighted by Crippen LogP contribution is -2.52. The minimum absolute atomic E-state index is 0.190. The van der Waals surface area contributed by atoms with Gasteiger partial charge in [-0.05, 0) is 50.0 Å². The summed E-state index contributed by atoms with van der Waals surface area (Å²) in [5.41, 5.74) is 0.190. The van der Waals surface area contributed by atoms with Gasteiger partial charge in [0, 0.05) is 12.6 Å². The SMILES string of the molecule is CCOC(C(NC)C1CCC(C)C(C)C1)C(C)(C)C. The monoisotopic (exact) mass is 269 g/mol. The molecule has 0 aromatic rings. The van der Waals surface area contributed by atoms with Crippen LogP contribution in [0.4, 0.5) is 0 Å². The molecule has 0 saturated heterocycles. The summed E-state index contributed by atoms with van der Waals surface area (Å²) < 4.78 is 6.11. The summed E-state index contributed by atoms with van der Waals surface area (Å²) in [4.78, 5) is 0. The smallest absolute Gasteiger partial charge is 0.0778 e. The minimum atomic E-state index is 0.190. The Hall–Kier alpha value is -0.0800. The third-order valence-corrected chi connectivity index (χ3v) is 5.01. The first-order chi connectivity index (χ1) is 8.81. The van der Waals surface area contributed by atoms with E-state index in [1.807, 2.05) is 0 Å². The Kier molecular flexibility index (Phi) is 6.32. The van der Waals surface area contributed by atoms with Crippen LogP contribution >= 0.6 is 0 Å². The highest BCUT2D eigenvalue weighted by molar-refractivity contribution is 4.92. The third-order valence-electron chi connectivity index (χ3n) is 5.01. The highest BCUT2D eigenvalue weighted by Crippen LogP contribution is 2.38. The molecule has 2 nitrogen and oxygen atoms in total. The van der Waals surface area contributed by atoms with Crippen molar-refractivity contribution in [3.63, 3.8) is 0 Å². The van der Waals surface area contributed by atoms with Crippen LogP contribution < -0.4 is 5.32 Å². The number of hydrogen-bond donors (Lipinski definition) is 1. The quantitative estimate of drug-likeness (QED) is 0.811. The molecule has 1 saturated carbocycles. The molecular formula is C17H35NO. The van der Waals surface area contributed by atoms with Gasteiger partial charge in [-0.2, -0.15) is 0 Å². The molecule has 0 spiro atoms. The van der Waals surface area contributed by atoms with Crippen LogP contribution in [0.3, 0.4) is 0 Å². The fourth-order valence-corrected chi connectivity index (χ4v) is 3.62. The molecule has 0 aliphatic heterocycles. The Morgan fingerprint density at radius 2 is 1.79 bits per heavy atom. The number of nitrogens with one attached hydrogen (secondary N) is 1. The molecule has 1 N–H and O–H groups in total. The van der Waals surface area contributed by atoms with Crippen LogP contribution in [0.1, 0.15) is 60.8 Å². The average molecular weight is 269 g/mol. The van der Waals surface area contributed by atoms with Gasteiger partial charge in [0.2, 0.25) is 0 Å². The van der Waals surface area contributed by atoms with E-state index in [0.29, 0.717) is 12.1 Å². The molecule has 0 bridgehead atoms. The van der Waals surface area contributed by atoms with Gasteiger partial charge in [-0.3, -0.25) is 0 Å². The lowest BCUT2D eigenvalue weighted by molar-refractivity contribution is -0.0548. The van der Waals surface area contributed by atoms with Gasteiger partial charge in [-0.15, -0.1) is 0 Å². The fourth-order valence-electron chi connectivity index (χ4n) is 3.62. The maximum atomic E-state index is 6.11. The van der Waals surface area contributed by atoms with Crippen molar-refractivity contribution in [2.45, 2.75) is 73.0 Å². The Labute approximate surface area is 120 Å². The molecule has 5 unspecified atom stereocenters. The first-order valence-electron chi connectivity index (χ1n) is 8.10. The standard InChI is InChI=1S/C17H35NO/c1-8-19-16(17(4,5)6)15(18-7)14-10-9-12(2)13(3)11-14/h12-16,18H,8-11H2,1-7H3. The lowest BCUT2D eigenvalue weighted by atomic mass is 9.69. The fraction of sp³-hybridized carbons (Fsp3) is 1.00. The molecule has 114 valence electrons. The van der Waals surface area contributed by atoms with Crippen molar-refractivity contribution in [1.82, 2.24) is 5.32 Å². The van der Waals surface area contributed by atoms with Crippen molar-refractivity contribution in [3.05, 3.63) is 0 Å². The van der Waals surface area contributed by atoms with Gasteiger partial charge in [-0.1, -0.05) is 41.0 Å². The van der Waals surface area contributed by atoms with Gasteiger partial charge >= 0.3 is 0 Å². The Morgan fingerprint density at radius 1 is 1.16 bits per heavy atom. The predicted molar refractivity (Wildman–Crippen MR) is 83.4 cm³/mol. The van der Waals surface area contributed by atoms with E-state index < -0.39 is 0 Å². The average Bonchev–Trinajstić information content (AvgIpc) is 2.32. The molecular weight excluding hydrogens is 234 g/mol. The summed E-state index contributed by atoms with van der Waals surface area (Å²) in [6, 6.07) is 0.481. The molecule has 1 aliphatic rings. The maximum Gasteiger partial charge on any atom is 0.0778 e. The van der Waals surface area contributed by atoms with E-state index in [-0.39, 0.29) is 5.41 Å². The number of likely N-dealkylation sites (N-methyl/N-ethyl adjacent to an activating group) is 1. The van der Waals surface area contributed by atoms with Crippen molar-refractivity contribution in [2.24, 2.45) is 23.2 Å². The summed E-state index contributed by atoms with van der Waals surface area (Å²) >= 11 is 0. The number of rotatable bonds is 5. The van der Waals surface area contributed by atoms with Crippen molar-refractivity contribution in [2.75, 3.05) is 13.7 Å². The van der Waals surface area contributed by atoms with E-state index in [1.165, 1.54) is 19.3 Å². The van der Waals surface area contributed by atoms with Gasteiger partial charge < -0.3 is 10.1 Å². The molecule has 1 fully saturated rings. The van der Waals surface area contributed by atoms with Crippen molar-refractivity contribution < 1.29 is 4.74 Å². The third kappa shape index (κ3) is 4.46. The predicted octanol–water partition coefficient (Wildman–Crippen LogP) is 4.10. The zero-order valence-electron chi connectivity index (χ0n) is 14.1. The zero-order chi connectivity index (χ0) is 14.6. The Morgan fingerprint density at radius 3 is 2.21 bits per heavy atom. The maximum absolute atomic E-state index is 6.11. The molecule has 5 atom stereocenters. The van der Waals surface area contributed by atoms with Crippen LogP contribution in [0.25, 0.3) is 0 Å². The second-order valence-corrected chi connectivity index (χ2v) is 7.58. The van der Waals surface area contributed by atoms with Gasteiger partial charge in [0.1, 0.15) is 0 Å². The normalized spacial score (nSPS) is 32.1. The van der Waals surface area contributed by atoms with Crippen molar-refractivity contribution in [3.8, 4) is 0 Å². The molecule has 1 rings (SSSR count). The summed E-state index contributed by atoms with van der Waals surface area (Å²) in [6.07, 6.45) is 4.35. The van der Waals surface area contributed by atoms with Crippen molar-refractivity contribution >= 4 is 0 Å². The molecule has 2 heteroatoms. The second kappa shape index (κ2) is 7.08. The van der Waals surface area contributed by atoms with Crippen LogP contribution in [0.2, 0.25) is 0 Å². The molecule has 1 aliphatic carbocycles.